The van der Waals surface area contributed by atoms with Crippen molar-refractivity contribution in [1.82, 2.24) is 9.97 Å². The van der Waals surface area contributed by atoms with Crippen LogP contribution in [0.15, 0.2) is 0 Å². The molecule has 5 heteroatoms. The van der Waals surface area contributed by atoms with Crippen molar-refractivity contribution in [2.24, 2.45) is 0 Å². The van der Waals surface area contributed by atoms with Gasteiger partial charge in [-0.15, -0.1) is 0 Å². The molecule has 1 aliphatic heterocycles. The van der Waals surface area contributed by atoms with Crippen LogP contribution in [0.5, 0.6) is 0 Å². The van der Waals surface area contributed by atoms with E-state index in [1.165, 1.54) is 0 Å². The van der Waals surface area contributed by atoms with Gasteiger partial charge in [0.1, 0.15) is 16.1 Å². The number of hydrogen-bond acceptors (Lipinski definition) is 3. The Morgan fingerprint density at radius 1 is 1.29 bits per heavy atom. The second-order valence-corrected chi connectivity index (χ2v) is 5.01. The Morgan fingerprint density at radius 3 is 2.53 bits per heavy atom. The first-order valence-electron chi connectivity index (χ1n) is 6.03. The van der Waals surface area contributed by atoms with Gasteiger partial charge < -0.3 is 4.74 Å². The van der Waals surface area contributed by atoms with E-state index in [-0.39, 0.29) is 6.10 Å². The third-order valence-electron chi connectivity index (χ3n) is 2.89. The van der Waals surface area contributed by atoms with E-state index in [0.29, 0.717) is 22.6 Å². The molecule has 0 aromatic carbocycles. The molecule has 1 saturated heterocycles. The van der Waals surface area contributed by atoms with Crippen molar-refractivity contribution in [2.75, 3.05) is 6.61 Å². The maximum Gasteiger partial charge on any atom is 0.137 e. The highest BCUT2D eigenvalue weighted by Crippen LogP contribution is 2.24. The Hall–Kier alpha value is -0.380. The van der Waals surface area contributed by atoms with E-state index in [4.69, 9.17) is 27.9 Å². The number of nitrogens with zero attached hydrogens (tertiary/aromatic N) is 2. The molecule has 94 valence electrons. The minimum atomic E-state index is 0.221. The Kier molecular flexibility index (Phi) is 4.60. The van der Waals surface area contributed by atoms with E-state index in [2.05, 4.69) is 16.9 Å². The molecule has 17 heavy (non-hydrogen) atoms. The summed E-state index contributed by atoms with van der Waals surface area (Å²) in [6.45, 7) is 2.91. The molecule has 0 spiro atoms. The maximum absolute atomic E-state index is 6.12. The van der Waals surface area contributed by atoms with Crippen LogP contribution in [-0.2, 0) is 17.6 Å². The van der Waals surface area contributed by atoms with E-state index in [1.54, 1.807) is 0 Å². The van der Waals surface area contributed by atoms with Crippen LogP contribution in [0.25, 0.3) is 0 Å². The SMILES string of the molecule is CCCc1c(Cl)nc(CC2CCCO2)nc1Cl. The van der Waals surface area contributed by atoms with Gasteiger partial charge in [0.2, 0.25) is 0 Å². The van der Waals surface area contributed by atoms with Gasteiger partial charge in [0, 0.05) is 18.6 Å². The van der Waals surface area contributed by atoms with Gasteiger partial charge in [-0.05, 0) is 19.3 Å². The van der Waals surface area contributed by atoms with Crippen LogP contribution < -0.4 is 0 Å². The van der Waals surface area contributed by atoms with E-state index < -0.39 is 0 Å². The first kappa shape index (κ1) is 13.1. The van der Waals surface area contributed by atoms with Crippen LogP contribution in [-0.4, -0.2) is 22.7 Å². The first-order chi connectivity index (χ1) is 8.20. The summed E-state index contributed by atoms with van der Waals surface area (Å²) < 4.78 is 5.55. The molecule has 1 aromatic heterocycles. The maximum atomic E-state index is 6.12. The number of hydrogen-bond donors (Lipinski definition) is 0. The van der Waals surface area contributed by atoms with Crippen LogP contribution in [0.4, 0.5) is 0 Å². The minimum Gasteiger partial charge on any atom is -0.378 e. The molecule has 1 atom stereocenters. The normalized spacial score (nSPS) is 19.8. The van der Waals surface area contributed by atoms with Gasteiger partial charge in [0.25, 0.3) is 0 Å². The summed E-state index contributed by atoms with van der Waals surface area (Å²) in [4.78, 5) is 8.61. The van der Waals surface area contributed by atoms with Crippen LogP contribution >= 0.6 is 23.2 Å². The van der Waals surface area contributed by atoms with Crippen LogP contribution in [0, 0.1) is 0 Å². The summed E-state index contributed by atoms with van der Waals surface area (Å²) in [6, 6.07) is 0. The van der Waals surface area contributed by atoms with E-state index in [9.17, 15) is 0 Å². The molecule has 0 N–H and O–H groups in total. The molecular weight excluding hydrogens is 259 g/mol. The smallest absolute Gasteiger partial charge is 0.137 e. The largest absolute Gasteiger partial charge is 0.378 e. The zero-order valence-corrected chi connectivity index (χ0v) is 11.4. The Labute approximate surface area is 112 Å². The van der Waals surface area contributed by atoms with Gasteiger partial charge in [-0.25, -0.2) is 9.97 Å². The number of rotatable bonds is 4. The van der Waals surface area contributed by atoms with Gasteiger partial charge in [-0.3, -0.25) is 0 Å². The number of halogens is 2. The summed E-state index contributed by atoms with van der Waals surface area (Å²) in [5, 5.41) is 0.972. The summed E-state index contributed by atoms with van der Waals surface area (Å²) in [7, 11) is 0. The fourth-order valence-corrected chi connectivity index (χ4v) is 2.64. The van der Waals surface area contributed by atoms with Crippen molar-refractivity contribution in [3.63, 3.8) is 0 Å². The fourth-order valence-electron chi connectivity index (χ4n) is 2.03. The molecule has 2 heterocycles. The molecule has 3 nitrogen and oxygen atoms in total. The van der Waals surface area contributed by atoms with E-state index >= 15 is 0 Å². The second kappa shape index (κ2) is 5.98. The average Bonchev–Trinajstić information content (AvgIpc) is 2.76. The van der Waals surface area contributed by atoms with Crippen LogP contribution in [0.2, 0.25) is 10.3 Å². The van der Waals surface area contributed by atoms with Gasteiger partial charge in [-0.2, -0.15) is 0 Å². The van der Waals surface area contributed by atoms with Gasteiger partial charge in [0.15, 0.2) is 0 Å². The van der Waals surface area contributed by atoms with E-state index in [0.717, 1.165) is 37.9 Å². The van der Waals surface area contributed by atoms with Crippen LogP contribution in [0.1, 0.15) is 37.6 Å². The highest BCUT2D eigenvalue weighted by atomic mass is 35.5. The third-order valence-corrected chi connectivity index (χ3v) is 3.51. The van der Waals surface area contributed by atoms with Gasteiger partial charge >= 0.3 is 0 Å². The van der Waals surface area contributed by atoms with Crippen molar-refractivity contribution in [2.45, 2.75) is 45.1 Å². The van der Waals surface area contributed by atoms with E-state index in [1.807, 2.05) is 0 Å². The zero-order chi connectivity index (χ0) is 12.3. The van der Waals surface area contributed by atoms with Gasteiger partial charge in [-0.1, -0.05) is 36.5 Å². The van der Waals surface area contributed by atoms with Crippen molar-refractivity contribution >= 4 is 23.2 Å². The molecule has 0 aliphatic carbocycles. The highest BCUT2D eigenvalue weighted by Gasteiger charge is 2.19. The Balaban J connectivity index is 2.13. The monoisotopic (exact) mass is 274 g/mol. The second-order valence-electron chi connectivity index (χ2n) is 4.29. The fraction of sp³-hybridized carbons (Fsp3) is 0.667. The van der Waals surface area contributed by atoms with Crippen molar-refractivity contribution in [3.05, 3.63) is 21.7 Å². The third kappa shape index (κ3) is 3.30. The topological polar surface area (TPSA) is 35.0 Å². The molecule has 1 aromatic rings. The molecule has 0 saturated carbocycles. The average molecular weight is 275 g/mol. The molecule has 2 rings (SSSR count). The molecule has 0 amide bonds. The lowest BCUT2D eigenvalue weighted by Gasteiger charge is -2.10. The number of ether oxygens (including phenoxy) is 1. The predicted molar refractivity (Wildman–Crippen MR) is 68.7 cm³/mol. The quantitative estimate of drug-likeness (QED) is 0.789. The summed E-state index contributed by atoms with van der Waals surface area (Å²) in [5.74, 6) is 0.687. The van der Waals surface area contributed by atoms with Crippen molar-refractivity contribution in [3.8, 4) is 0 Å². The molecule has 1 unspecified atom stereocenters. The summed E-state index contributed by atoms with van der Waals surface area (Å²) >= 11 is 12.2. The Bertz CT molecular complexity index is 369. The summed E-state index contributed by atoms with van der Waals surface area (Å²) in [5.41, 5.74) is 0.854. The molecular formula is C12H16Cl2N2O. The first-order valence-corrected chi connectivity index (χ1v) is 6.78. The van der Waals surface area contributed by atoms with Crippen LogP contribution in [0.3, 0.4) is 0 Å². The molecule has 1 fully saturated rings. The minimum absolute atomic E-state index is 0.221. The lowest BCUT2D eigenvalue weighted by molar-refractivity contribution is 0.110. The lowest BCUT2D eigenvalue weighted by Crippen LogP contribution is -2.12. The standard InChI is InChI=1S/C12H16Cl2N2O/c1-2-4-9-11(13)15-10(16-12(9)14)7-8-5-3-6-17-8/h8H,2-7H2,1H3. The number of aromatic nitrogens is 2. The van der Waals surface area contributed by atoms with Crippen molar-refractivity contribution < 1.29 is 4.74 Å². The zero-order valence-electron chi connectivity index (χ0n) is 9.88. The molecule has 0 radical (unpaired) electrons. The van der Waals surface area contributed by atoms with Gasteiger partial charge in [0.05, 0.1) is 6.10 Å². The summed E-state index contributed by atoms with van der Waals surface area (Å²) in [6.07, 6.45) is 4.90. The lowest BCUT2D eigenvalue weighted by atomic mass is 10.1. The Morgan fingerprint density at radius 2 is 2.00 bits per heavy atom. The highest BCUT2D eigenvalue weighted by molar-refractivity contribution is 6.34. The molecule has 1 aliphatic rings. The van der Waals surface area contributed by atoms with Crippen molar-refractivity contribution in [1.29, 1.82) is 0 Å². The predicted octanol–water partition coefficient (Wildman–Crippen LogP) is 3.46. The molecule has 0 bridgehead atoms.